The van der Waals surface area contributed by atoms with Crippen molar-refractivity contribution in [1.82, 2.24) is 0 Å². The predicted molar refractivity (Wildman–Crippen MR) is 56.4 cm³/mol. The summed E-state index contributed by atoms with van der Waals surface area (Å²) in [5, 5.41) is 10.8. The molecule has 0 heterocycles. The van der Waals surface area contributed by atoms with E-state index in [9.17, 15) is 5.11 Å². The summed E-state index contributed by atoms with van der Waals surface area (Å²) in [6.07, 6.45) is 4.56. The van der Waals surface area contributed by atoms with Crippen LogP contribution in [0.25, 0.3) is 0 Å². The Morgan fingerprint density at radius 1 is 1.58 bits per heavy atom. The minimum absolute atomic E-state index is 0.149. The van der Waals surface area contributed by atoms with Crippen molar-refractivity contribution in [3.8, 4) is 0 Å². The van der Waals surface area contributed by atoms with Crippen LogP contribution in [-0.2, 0) is 0 Å². The Balaban J connectivity index is 2.97. The van der Waals surface area contributed by atoms with Gasteiger partial charge in [-0.05, 0) is 24.1 Å². The maximum atomic E-state index is 9.67. The SMILES string of the molecule is CCCC1(C)C=C([SiH3])C(O)=C1C. The zero-order valence-electron chi connectivity index (χ0n) is 8.44. The third kappa shape index (κ3) is 1.35. The fraction of sp³-hybridized carbons (Fsp3) is 0.600. The molecule has 0 amide bonds. The van der Waals surface area contributed by atoms with Crippen LogP contribution in [0.1, 0.15) is 33.6 Å². The van der Waals surface area contributed by atoms with Crippen LogP contribution in [0.5, 0.6) is 0 Å². The van der Waals surface area contributed by atoms with Gasteiger partial charge in [-0.3, -0.25) is 0 Å². The molecule has 1 unspecified atom stereocenters. The van der Waals surface area contributed by atoms with Crippen LogP contribution >= 0.6 is 0 Å². The van der Waals surface area contributed by atoms with Crippen molar-refractivity contribution in [2.45, 2.75) is 33.6 Å². The number of allylic oxidation sites excluding steroid dienone is 3. The number of aliphatic hydroxyl groups excluding tert-OH is 1. The van der Waals surface area contributed by atoms with Gasteiger partial charge in [-0.25, -0.2) is 0 Å². The van der Waals surface area contributed by atoms with Crippen LogP contribution in [0.2, 0.25) is 0 Å². The van der Waals surface area contributed by atoms with E-state index in [1.54, 1.807) is 0 Å². The Hall–Kier alpha value is -0.503. The van der Waals surface area contributed by atoms with Crippen molar-refractivity contribution in [3.63, 3.8) is 0 Å². The van der Waals surface area contributed by atoms with E-state index in [1.165, 1.54) is 11.6 Å². The molecule has 1 aliphatic rings. The smallest absolute Gasteiger partial charge is 0.113 e. The van der Waals surface area contributed by atoms with E-state index in [0.29, 0.717) is 5.76 Å². The van der Waals surface area contributed by atoms with E-state index in [2.05, 4.69) is 19.9 Å². The molecule has 0 aliphatic heterocycles. The molecular weight excluding hydrogens is 164 g/mol. The summed E-state index contributed by atoms with van der Waals surface area (Å²) in [4.78, 5) is 0. The van der Waals surface area contributed by atoms with Crippen LogP contribution in [0.3, 0.4) is 0 Å². The summed E-state index contributed by atoms with van der Waals surface area (Å²) in [6, 6.07) is 0. The summed E-state index contributed by atoms with van der Waals surface area (Å²) in [5.41, 5.74) is 1.31. The van der Waals surface area contributed by atoms with Gasteiger partial charge in [0.2, 0.25) is 0 Å². The molecule has 1 atom stereocenters. The molecule has 0 saturated heterocycles. The molecule has 1 nitrogen and oxygen atoms in total. The summed E-state index contributed by atoms with van der Waals surface area (Å²) in [5.74, 6) is 0.567. The first-order valence-corrected chi connectivity index (χ1v) is 5.61. The van der Waals surface area contributed by atoms with Gasteiger partial charge < -0.3 is 5.11 Å². The van der Waals surface area contributed by atoms with Gasteiger partial charge >= 0.3 is 0 Å². The Bertz CT molecular complexity index is 253. The average Bonchev–Trinajstić information content (AvgIpc) is 2.17. The molecule has 0 aromatic rings. The highest BCUT2D eigenvalue weighted by molar-refractivity contribution is 6.24. The van der Waals surface area contributed by atoms with Crippen molar-refractivity contribution in [3.05, 3.63) is 22.6 Å². The van der Waals surface area contributed by atoms with Crippen molar-refractivity contribution < 1.29 is 5.11 Å². The Kier molecular flexibility index (Phi) is 2.47. The minimum Gasteiger partial charge on any atom is -0.508 e. The molecule has 68 valence electrons. The van der Waals surface area contributed by atoms with E-state index in [1.807, 2.05) is 6.92 Å². The first-order valence-electron chi connectivity index (χ1n) is 4.61. The van der Waals surface area contributed by atoms with Gasteiger partial charge in [0, 0.05) is 15.7 Å². The largest absolute Gasteiger partial charge is 0.508 e. The molecular formula is C10H18OSi. The molecule has 1 rings (SSSR count). The molecule has 2 heteroatoms. The summed E-state index contributed by atoms with van der Waals surface area (Å²) in [6.45, 7) is 6.45. The second-order valence-corrected chi connectivity index (χ2v) is 5.05. The Labute approximate surface area is 77.6 Å². The van der Waals surface area contributed by atoms with E-state index in [-0.39, 0.29) is 5.41 Å². The highest BCUT2D eigenvalue weighted by Gasteiger charge is 2.31. The standard InChI is InChI=1S/C10H18OSi/c1-4-5-10(3)6-8(12)9(11)7(10)2/h6,11H,4-5H2,1-3,12H3. The van der Waals surface area contributed by atoms with Gasteiger partial charge in [0.05, 0.1) is 0 Å². The van der Waals surface area contributed by atoms with Gasteiger partial charge in [-0.15, -0.1) is 0 Å². The zero-order chi connectivity index (χ0) is 9.35. The molecule has 12 heavy (non-hydrogen) atoms. The summed E-state index contributed by atoms with van der Waals surface area (Å²) < 4.78 is 0. The van der Waals surface area contributed by atoms with E-state index in [0.717, 1.165) is 22.2 Å². The molecule has 0 spiro atoms. The number of rotatable bonds is 2. The number of hydrogen-bond donors (Lipinski definition) is 1. The average molecular weight is 182 g/mol. The third-order valence-electron chi connectivity index (χ3n) is 2.89. The van der Waals surface area contributed by atoms with Crippen LogP contribution < -0.4 is 0 Å². The molecule has 0 radical (unpaired) electrons. The van der Waals surface area contributed by atoms with Crippen molar-refractivity contribution in [1.29, 1.82) is 0 Å². The lowest BCUT2D eigenvalue weighted by atomic mass is 9.81. The molecule has 1 aliphatic carbocycles. The molecule has 0 aromatic heterocycles. The molecule has 0 saturated carbocycles. The van der Waals surface area contributed by atoms with E-state index < -0.39 is 0 Å². The Morgan fingerprint density at radius 2 is 2.17 bits per heavy atom. The first kappa shape index (κ1) is 9.58. The van der Waals surface area contributed by atoms with Crippen molar-refractivity contribution in [2.75, 3.05) is 0 Å². The van der Waals surface area contributed by atoms with Gasteiger partial charge in [0.1, 0.15) is 5.76 Å². The second kappa shape index (κ2) is 3.09. The highest BCUT2D eigenvalue weighted by Crippen LogP contribution is 2.41. The van der Waals surface area contributed by atoms with Crippen LogP contribution in [0, 0.1) is 5.41 Å². The topological polar surface area (TPSA) is 20.2 Å². The van der Waals surface area contributed by atoms with Crippen molar-refractivity contribution in [2.24, 2.45) is 5.41 Å². The fourth-order valence-electron chi connectivity index (χ4n) is 2.00. The third-order valence-corrected chi connectivity index (χ3v) is 3.65. The van der Waals surface area contributed by atoms with Crippen molar-refractivity contribution >= 4 is 10.2 Å². The van der Waals surface area contributed by atoms with Gasteiger partial charge in [-0.1, -0.05) is 26.3 Å². The van der Waals surface area contributed by atoms with Gasteiger partial charge in [-0.2, -0.15) is 0 Å². The minimum atomic E-state index is 0.149. The fourth-order valence-corrected chi connectivity index (χ4v) is 3.01. The number of aliphatic hydroxyl groups is 1. The predicted octanol–water partition coefficient (Wildman–Crippen LogP) is 1.89. The second-order valence-electron chi connectivity index (χ2n) is 3.97. The lowest BCUT2D eigenvalue weighted by Crippen LogP contribution is -2.12. The number of hydrogen-bond acceptors (Lipinski definition) is 1. The monoisotopic (exact) mass is 182 g/mol. The Morgan fingerprint density at radius 3 is 2.50 bits per heavy atom. The van der Waals surface area contributed by atoms with E-state index >= 15 is 0 Å². The molecule has 0 aromatic carbocycles. The van der Waals surface area contributed by atoms with Crippen LogP contribution in [0.4, 0.5) is 0 Å². The molecule has 1 N–H and O–H groups in total. The van der Waals surface area contributed by atoms with Gasteiger partial charge in [0.15, 0.2) is 0 Å². The quantitative estimate of drug-likeness (QED) is 0.647. The maximum absolute atomic E-state index is 9.67. The van der Waals surface area contributed by atoms with Crippen LogP contribution in [0.15, 0.2) is 22.6 Å². The normalized spacial score (nSPS) is 29.8. The lowest BCUT2D eigenvalue weighted by molar-refractivity contribution is 0.400. The summed E-state index contributed by atoms with van der Waals surface area (Å²) >= 11 is 0. The van der Waals surface area contributed by atoms with Gasteiger partial charge in [0.25, 0.3) is 0 Å². The van der Waals surface area contributed by atoms with Crippen LogP contribution in [-0.4, -0.2) is 15.3 Å². The molecule has 0 bridgehead atoms. The molecule has 0 fully saturated rings. The zero-order valence-corrected chi connectivity index (χ0v) is 10.4. The van der Waals surface area contributed by atoms with E-state index in [4.69, 9.17) is 0 Å². The lowest BCUT2D eigenvalue weighted by Gasteiger charge is -2.22. The summed E-state index contributed by atoms with van der Waals surface area (Å²) in [7, 11) is 0.956. The highest BCUT2D eigenvalue weighted by atomic mass is 28.1. The maximum Gasteiger partial charge on any atom is 0.113 e. The first-order chi connectivity index (χ1) is 5.51.